The zero-order valence-corrected chi connectivity index (χ0v) is 18.6. The summed E-state index contributed by atoms with van der Waals surface area (Å²) in [5, 5.41) is 0. The van der Waals surface area contributed by atoms with Crippen LogP contribution in [0, 0.1) is 19.7 Å². The van der Waals surface area contributed by atoms with E-state index in [2.05, 4.69) is 36.1 Å². The second-order valence-corrected chi connectivity index (χ2v) is 9.06. The first-order valence-corrected chi connectivity index (χ1v) is 11.4. The summed E-state index contributed by atoms with van der Waals surface area (Å²) in [5.41, 5.74) is 4.37. The van der Waals surface area contributed by atoms with E-state index in [-0.39, 0.29) is 23.7 Å². The first-order chi connectivity index (χ1) is 15.0. The van der Waals surface area contributed by atoms with Crippen LogP contribution in [-0.2, 0) is 16.1 Å². The normalized spacial score (nSPS) is 22.1. The van der Waals surface area contributed by atoms with Crippen LogP contribution >= 0.6 is 0 Å². The third-order valence-corrected chi connectivity index (χ3v) is 6.64. The van der Waals surface area contributed by atoms with Crippen LogP contribution in [0.25, 0.3) is 0 Å². The van der Waals surface area contributed by atoms with E-state index in [4.69, 9.17) is 4.74 Å². The molecule has 4 nitrogen and oxygen atoms in total. The maximum atomic E-state index is 13.7. The second kappa shape index (κ2) is 9.92. The molecule has 0 radical (unpaired) electrons. The number of piperidine rings is 1. The number of likely N-dealkylation sites (tertiary alicyclic amines) is 2. The highest BCUT2D eigenvalue weighted by atomic mass is 19.1. The van der Waals surface area contributed by atoms with Crippen molar-refractivity contribution in [3.05, 3.63) is 70.5 Å². The number of ether oxygens (including phenoxy) is 1. The van der Waals surface area contributed by atoms with Crippen molar-refractivity contribution in [1.29, 1.82) is 0 Å². The van der Waals surface area contributed by atoms with Gasteiger partial charge in [-0.2, -0.15) is 0 Å². The minimum atomic E-state index is -0.226. The average Bonchev–Trinajstić information content (AvgIpc) is 3.25. The first-order valence-electron chi connectivity index (χ1n) is 11.4. The van der Waals surface area contributed by atoms with E-state index in [1.54, 1.807) is 6.07 Å². The van der Waals surface area contributed by atoms with Crippen LogP contribution < -0.4 is 0 Å². The number of aryl methyl sites for hydroxylation is 2. The molecule has 2 heterocycles. The summed E-state index contributed by atoms with van der Waals surface area (Å²) in [6.07, 6.45) is 3.15. The topological polar surface area (TPSA) is 32.8 Å². The van der Waals surface area contributed by atoms with Crippen LogP contribution in [0.1, 0.15) is 47.4 Å². The molecule has 2 aromatic rings. The fourth-order valence-corrected chi connectivity index (χ4v) is 4.95. The van der Waals surface area contributed by atoms with Gasteiger partial charge in [0.05, 0.1) is 19.3 Å². The third-order valence-electron chi connectivity index (χ3n) is 6.64. The Labute approximate surface area is 185 Å². The van der Waals surface area contributed by atoms with Crippen LogP contribution in [0.2, 0.25) is 0 Å². The largest absolute Gasteiger partial charge is 0.373 e. The summed E-state index contributed by atoms with van der Waals surface area (Å²) in [5.74, 6) is 0.0155. The summed E-state index contributed by atoms with van der Waals surface area (Å²) in [4.78, 5) is 17.2. The van der Waals surface area contributed by atoms with Gasteiger partial charge >= 0.3 is 0 Å². The molecule has 0 aromatic heterocycles. The SMILES string of the molecule is Cc1cccc(COC2CCN(C(=O)CN3CCCC3)CC2c2ccc(F)cc2C)c1. The predicted octanol–water partition coefficient (Wildman–Crippen LogP) is 4.44. The highest BCUT2D eigenvalue weighted by Gasteiger charge is 2.34. The number of nitrogens with zero attached hydrogens (tertiary/aromatic N) is 2. The summed E-state index contributed by atoms with van der Waals surface area (Å²) in [6, 6.07) is 13.3. The smallest absolute Gasteiger partial charge is 0.236 e. The molecule has 0 bridgehead atoms. The molecular weight excluding hydrogens is 391 g/mol. The zero-order valence-electron chi connectivity index (χ0n) is 18.6. The van der Waals surface area contributed by atoms with Gasteiger partial charge in [0, 0.05) is 19.0 Å². The average molecular weight is 425 g/mol. The van der Waals surface area contributed by atoms with Crippen LogP contribution in [0.4, 0.5) is 4.39 Å². The molecule has 0 N–H and O–H groups in total. The summed E-state index contributed by atoms with van der Waals surface area (Å²) >= 11 is 0. The van der Waals surface area contributed by atoms with Gasteiger partial charge in [-0.15, -0.1) is 0 Å². The standard InChI is InChI=1S/C26H33FN2O2/c1-19-6-5-7-21(14-19)18-31-25-10-13-29(26(30)17-28-11-3-4-12-28)16-24(25)23-9-8-22(27)15-20(23)2/h5-9,14-15,24-25H,3-4,10-13,16-18H2,1-2H3. The maximum Gasteiger partial charge on any atom is 0.236 e. The van der Waals surface area contributed by atoms with Crippen LogP contribution in [0.3, 0.4) is 0 Å². The summed E-state index contributed by atoms with van der Waals surface area (Å²) in [6.45, 7) is 8.44. The minimum Gasteiger partial charge on any atom is -0.373 e. The van der Waals surface area contributed by atoms with Crippen molar-refractivity contribution < 1.29 is 13.9 Å². The molecule has 2 fully saturated rings. The molecule has 2 aromatic carbocycles. The first kappa shape index (κ1) is 22.0. The van der Waals surface area contributed by atoms with Crippen molar-refractivity contribution in [3.63, 3.8) is 0 Å². The Hall–Kier alpha value is -2.24. The molecule has 2 unspecified atom stereocenters. The maximum absolute atomic E-state index is 13.7. The Kier molecular flexibility index (Phi) is 7.03. The van der Waals surface area contributed by atoms with E-state index in [0.29, 0.717) is 26.2 Å². The van der Waals surface area contributed by atoms with Crippen molar-refractivity contribution in [1.82, 2.24) is 9.80 Å². The molecule has 5 heteroatoms. The van der Waals surface area contributed by atoms with Gasteiger partial charge in [-0.1, -0.05) is 35.9 Å². The monoisotopic (exact) mass is 424 g/mol. The third kappa shape index (κ3) is 5.52. The number of rotatable bonds is 6. The Morgan fingerprint density at radius 1 is 1.10 bits per heavy atom. The molecule has 0 spiro atoms. The lowest BCUT2D eigenvalue weighted by Gasteiger charge is -2.40. The van der Waals surface area contributed by atoms with Gasteiger partial charge in [-0.25, -0.2) is 4.39 Å². The number of halogens is 1. The van der Waals surface area contributed by atoms with Crippen molar-refractivity contribution in [2.24, 2.45) is 0 Å². The number of carbonyl (C=O) groups excluding carboxylic acids is 1. The van der Waals surface area contributed by atoms with Crippen LogP contribution in [0.15, 0.2) is 42.5 Å². The lowest BCUT2D eigenvalue weighted by atomic mass is 9.85. The fourth-order valence-electron chi connectivity index (χ4n) is 4.95. The van der Waals surface area contributed by atoms with Gasteiger partial charge in [-0.3, -0.25) is 9.69 Å². The van der Waals surface area contributed by atoms with Crippen molar-refractivity contribution in [3.8, 4) is 0 Å². The summed E-state index contributed by atoms with van der Waals surface area (Å²) in [7, 11) is 0. The molecule has 166 valence electrons. The van der Waals surface area contributed by atoms with E-state index in [1.807, 2.05) is 17.9 Å². The minimum absolute atomic E-state index is 0.000472. The van der Waals surface area contributed by atoms with Crippen molar-refractivity contribution in [2.45, 2.75) is 51.7 Å². The molecular formula is C26H33FN2O2. The van der Waals surface area contributed by atoms with Gasteiger partial charge in [0.25, 0.3) is 0 Å². The molecule has 2 atom stereocenters. The lowest BCUT2D eigenvalue weighted by molar-refractivity contribution is -0.135. The van der Waals surface area contributed by atoms with E-state index < -0.39 is 0 Å². The van der Waals surface area contributed by atoms with Crippen molar-refractivity contribution in [2.75, 3.05) is 32.7 Å². The Morgan fingerprint density at radius 3 is 2.65 bits per heavy atom. The zero-order chi connectivity index (χ0) is 21.8. The molecule has 2 aliphatic rings. The molecule has 1 amide bonds. The number of amides is 1. The Bertz CT molecular complexity index is 910. The lowest BCUT2D eigenvalue weighted by Crippen LogP contribution is -2.48. The van der Waals surface area contributed by atoms with Gasteiger partial charge in [0.15, 0.2) is 0 Å². The van der Waals surface area contributed by atoms with Gasteiger partial charge < -0.3 is 9.64 Å². The molecule has 4 rings (SSSR count). The van der Waals surface area contributed by atoms with Crippen LogP contribution in [0.5, 0.6) is 0 Å². The highest BCUT2D eigenvalue weighted by Crippen LogP contribution is 2.33. The second-order valence-electron chi connectivity index (χ2n) is 9.06. The number of hydrogen-bond acceptors (Lipinski definition) is 3. The molecule has 2 aliphatic heterocycles. The number of hydrogen-bond donors (Lipinski definition) is 0. The highest BCUT2D eigenvalue weighted by molar-refractivity contribution is 5.78. The van der Waals surface area contributed by atoms with Crippen LogP contribution in [-0.4, -0.2) is 54.5 Å². The van der Waals surface area contributed by atoms with E-state index >= 15 is 0 Å². The van der Waals surface area contributed by atoms with Crippen molar-refractivity contribution >= 4 is 5.91 Å². The number of benzene rings is 2. The predicted molar refractivity (Wildman–Crippen MR) is 121 cm³/mol. The summed E-state index contributed by atoms with van der Waals surface area (Å²) < 4.78 is 20.1. The van der Waals surface area contributed by atoms with E-state index in [9.17, 15) is 9.18 Å². The van der Waals surface area contributed by atoms with Gasteiger partial charge in [-0.05, 0) is 75.0 Å². The molecule has 2 saturated heterocycles. The number of carbonyl (C=O) groups is 1. The Morgan fingerprint density at radius 2 is 1.90 bits per heavy atom. The van der Waals surface area contributed by atoms with E-state index in [0.717, 1.165) is 36.2 Å². The fraction of sp³-hybridized carbons (Fsp3) is 0.500. The van der Waals surface area contributed by atoms with Gasteiger partial charge in [0.2, 0.25) is 5.91 Å². The molecule has 31 heavy (non-hydrogen) atoms. The Balaban J connectivity index is 1.49. The van der Waals surface area contributed by atoms with Gasteiger partial charge in [0.1, 0.15) is 5.82 Å². The van der Waals surface area contributed by atoms with E-state index in [1.165, 1.54) is 24.5 Å². The molecule has 0 saturated carbocycles. The quantitative estimate of drug-likeness (QED) is 0.687. The molecule has 0 aliphatic carbocycles.